The lowest BCUT2D eigenvalue weighted by molar-refractivity contribution is 0.203. The number of urea groups is 1. The van der Waals surface area contributed by atoms with Crippen molar-refractivity contribution < 1.29 is 9.18 Å². The first kappa shape index (κ1) is 16.2. The number of carbonyl (C=O) groups excluding carboxylic acids is 1. The molecule has 2 amide bonds. The zero-order chi connectivity index (χ0) is 17.3. The Balaban J connectivity index is 2.06. The van der Waals surface area contributed by atoms with Crippen molar-refractivity contribution in [1.82, 2.24) is 9.88 Å². The van der Waals surface area contributed by atoms with E-state index in [2.05, 4.69) is 9.98 Å². The number of hydrogen-bond donors (Lipinski definition) is 2. The highest BCUT2D eigenvalue weighted by molar-refractivity contribution is 6.31. The van der Waals surface area contributed by atoms with Crippen LogP contribution in [0.2, 0.25) is 5.02 Å². The summed E-state index contributed by atoms with van der Waals surface area (Å²) >= 11 is 6.28. The van der Waals surface area contributed by atoms with E-state index in [1.54, 1.807) is 18.2 Å². The van der Waals surface area contributed by atoms with E-state index in [1.807, 2.05) is 0 Å². The topological polar surface area (TPSA) is 97.6 Å². The Hall–Kier alpha value is -2.67. The molecule has 1 aromatic carbocycles. The molecule has 0 atom stereocenters. The van der Waals surface area contributed by atoms with Crippen LogP contribution in [-0.2, 0) is 13.0 Å². The standard InChI is InChI=1S/C16H15ClFN5O/c17-13-2-1-9(11-3-5-21-7-14(11)18)12-8-23(6-4-10(12)13)16(24)22-15(19)20/h1-3,5,7H,4,6,8H2,(H4,19,20,22,24). The number of benzene rings is 1. The Morgan fingerprint density at radius 1 is 1.25 bits per heavy atom. The first-order valence-electron chi connectivity index (χ1n) is 7.26. The van der Waals surface area contributed by atoms with Crippen LogP contribution in [0, 0.1) is 5.82 Å². The van der Waals surface area contributed by atoms with Crippen LogP contribution >= 0.6 is 11.6 Å². The van der Waals surface area contributed by atoms with Crippen LogP contribution in [0.1, 0.15) is 11.1 Å². The van der Waals surface area contributed by atoms with Crippen molar-refractivity contribution in [2.24, 2.45) is 16.5 Å². The maximum atomic E-state index is 14.1. The smallest absolute Gasteiger partial charge is 0.347 e. The van der Waals surface area contributed by atoms with Gasteiger partial charge in [-0.15, -0.1) is 0 Å². The third-order valence-corrected chi connectivity index (χ3v) is 4.27. The van der Waals surface area contributed by atoms with E-state index in [9.17, 15) is 9.18 Å². The number of pyridine rings is 1. The molecule has 4 N–H and O–H groups in total. The lowest BCUT2D eigenvalue weighted by Gasteiger charge is -2.29. The maximum absolute atomic E-state index is 14.1. The summed E-state index contributed by atoms with van der Waals surface area (Å²) in [5.74, 6) is -0.730. The predicted molar refractivity (Wildman–Crippen MR) is 90.0 cm³/mol. The van der Waals surface area contributed by atoms with Gasteiger partial charge >= 0.3 is 6.03 Å². The quantitative estimate of drug-likeness (QED) is 0.611. The molecule has 24 heavy (non-hydrogen) atoms. The van der Waals surface area contributed by atoms with Gasteiger partial charge < -0.3 is 16.4 Å². The molecule has 1 aliphatic rings. The number of halogens is 2. The molecule has 1 aromatic heterocycles. The molecule has 2 heterocycles. The van der Waals surface area contributed by atoms with Gasteiger partial charge in [0.25, 0.3) is 0 Å². The lowest BCUT2D eigenvalue weighted by atomic mass is 9.91. The molecule has 0 bridgehead atoms. The number of hydrogen-bond acceptors (Lipinski definition) is 2. The molecular formula is C16H15ClFN5O. The molecule has 2 aromatic rings. The van der Waals surface area contributed by atoms with E-state index in [-0.39, 0.29) is 12.5 Å². The number of aromatic nitrogens is 1. The summed E-state index contributed by atoms with van der Waals surface area (Å²) in [4.78, 5) is 20.9. The van der Waals surface area contributed by atoms with Crippen LogP contribution in [0.25, 0.3) is 11.1 Å². The first-order chi connectivity index (χ1) is 11.5. The van der Waals surface area contributed by atoms with E-state index >= 15 is 0 Å². The van der Waals surface area contributed by atoms with E-state index in [1.165, 1.54) is 11.1 Å². The maximum Gasteiger partial charge on any atom is 0.347 e. The minimum absolute atomic E-state index is 0.253. The summed E-state index contributed by atoms with van der Waals surface area (Å²) in [6, 6.07) is 4.55. The number of carbonyl (C=O) groups is 1. The first-order valence-corrected chi connectivity index (χ1v) is 7.64. The van der Waals surface area contributed by atoms with Gasteiger partial charge in [-0.25, -0.2) is 9.18 Å². The molecule has 6 nitrogen and oxygen atoms in total. The van der Waals surface area contributed by atoms with Gasteiger partial charge in [0, 0.05) is 29.9 Å². The molecule has 0 fully saturated rings. The molecule has 0 aliphatic carbocycles. The zero-order valence-electron chi connectivity index (χ0n) is 12.7. The predicted octanol–water partition coefficient (Wildman–Crippen LogP) is 2.29. The molecular weight excluding hydrogens is 333 g/mol. The van der Waals surface area contributed by atoms with Crippen molar-refractivity contribution in [2.75, 3.05) is 6.54 Å². The van der Waals surface area contributed by atoms with E-state index in [4.69, 9.17) is 23.1 Å². The van der Waals surface area contributed by atoms with Crippen molar-refractivity contribution in [3.8, 4) is 11.1 Å². The summed E-state index contributed by atoms with van der Waals surface area (Å²) in [6.45, 7) is 0.688. The molecule has 0 spiro atoms. The third kappa shape index (κ3) is 3.03. The van der Waals surface area contributed by atoms with Crippen molar-refractivity contribution in [3.63, 3.8) is 0 Å². The van der Waals surface area contributed by atoms with Crippen molar-refractivity contribution in [2.45, 2.75) is 13.0 Å². The Kier molecular flexibility index (Phi) is 4.35. The summed E-state index contributed by atoms with van der Waals surface area (Å²) in [5.41, 5.74) is 13.3. The number of amides is 2. The molecule has 3 rings (SSSR count). The fourth-order valence-electron chi connectivity index (χ4n) is 2.82. The zero-order valence-corrected chi connectivity index (χ0v) is 13.4. The van der Waals surface area contributed by atoms with E-state index < -0.39 is 11.8 Å². The van der Waals surface area contributed by atoms with Crippen LogP contribution in [0.5, 0.6) is 0 Å². The van der Waals surface area contributed by atoms with Gasteiger partial charge in [0.1, 0.15) is 5.82 Å². The molecule has 0 unspecified atom stereocenters. The highest BCUT2D eigenvalue weighted by atomic mass is 35.5. The Morgan fingerprint density at radius 3 is 2.75 bits per heavy atom. The number of guanidine groups is 1. The second-order valence-electron chi connectivity index (χ2n) is 5.40. The average molecular weight is 348 g/mol. The van der Waals surface area contributed by atoms with Crippen LogP contribution in [0.4, 0.5) is 9.18 Å². The minimum atomic E-state index is -0.526. The molecule has 0 saturated heterocycles. The fourth-order valence-corrected chi connectivity index (χ4v) is 3.09. The Bertz CT molecular complexity index is 835. The second-order valence-corrected chi connectivity index (χ2v) is 5.81. The molecule has 0 saturated carbocycles. The SMILES string of the molecule is NC(N)=NC(=O)N1CCc2c(Cl)ccc(-c3ccncc3F)c2C1. The highest BCUT2D eigenvalue weighted by Crippen LogP contribution is 2.35. The normalized spacial score (nSPS) is 13.3. The largest absolute Gasteiger partial charge is 0.370 e. The van der Waals surface area contributed by atoms with E-state index in [0.29, 0.717) is 29.1 Å². The summed E-state index contributed by atoms with van der Waals surface area (Å²) in [6.07, 6.45) is 3.21. The molecule has 8 heteroatoms. The highest BCUT2D eigenvalue weighted by Gasteiger charge is 2.25. The molecule has 0 radical (unpaired) electrons. The van der Waals surface area contributed by atoms with Gasteiger partial charge in [0.2, 0.25) is 0 Å². The summed E-state index contributed by atoms with van der Waals surface area (Å²) in [5, 5.41) is 0.595. The van der Waals surface area contributed by atoms with Crippen molar-refractivity contribution in [3.05, 3.63) is 52.6 Å². The van der Waals surface area contributed by atoms with Crippen LogP contribution in [-0.4, -0.2) is 28.4 Å². The number of fused-ring (bicyclic) bond motifs is 1. The number of nitrogens with two attached hydrogens (primary N) is 2. The van der Waals surface area contributed by atoms with Gasteiger partial charge in [-0.3, -0.25) is 4.98 Å². The van der Waals surface area contributed by atoms with Gasteiger partial charge in [0.05, 0.1) is 6.20 Å². The molecule has 124 valence electrons. The number of rotatable bonds is 1. The van der Waals surface area contributed by atoms with Crippen LogP contribution < -0.4 is 11.5 Å². The van der Waals surface area contributed by atoms with Gasteiger partial charge in [-0.1, -0.05) is 17.7 Å². The second kappa shape index (κ2) is 6.45. The average Bonchev–Trinajstić information content (AvgIpc) is 2.55. The minimum Gasteiger partial charge on any atom is -0.370 e. The number of aliphatic imine (C=N–C) groups is 1. The summed E-state index contributed by atoms with van der Waals surface area (Å²) in [7, 11) is 0. The Morgan fingerprint density at radius 2 is 2.04 bits per heavy atom. The van der Waals surface area contributed by atoms with Crippen molar-refractivity contribution in [1.29, 1.82) is 0 Å². The Labute approximate surface area is 142 Å². The van der Waals surface area contributed by atoms with Crippen LogP contribution in [0.3, 0.4) is 0 Å². The third-order valence-electron chi connectivity index (χ3n) is 3.91. The summed E-state index contributed by atoms with van der Waals surface area (Å²) < 4.78 is 14.1. The molecule has 1 aliphatic heterocycles. The van der Waals surface area contributed by atoms with Crippen LogP contribution in [0.15, 0.2) is 35.6 Å². The van der Waals surface area contributed by atoms with Gasteiger partial charge in [-0.2, -0.15) is 4.99 Å². The van der Waals surface area contributed by atoms with Crippen molar-refractivity contribution >= 4 is 23.6 Å². The number of nitrogens with zero attached hydrogens (tertiary/aromatic N) is 3. The van der Waals surface area contributed by atoms with E-state index in [0.717, 1.165) is 17.3 Å². The van der Waals surface area contributed by atoms with Gasteiger partial charge in [-0.05, 0) is 35.2 Å². The fraction of sp³-hybridized carbons (Fsp3) is 0.188. The lowest BCUT2D eigenvalue weighted by Crippen LogP contribution is -2.36. The monoisotopic (exact) mass is 347 g/mol. The van der Waals surface area contributed by atoms with Gasteiger partial charge in [0.15, 0.2) is 5.96 Å².